The average molecular weight is 307 g/mol. The van der Waals surface area contributed by atoms with Gasteiger partial charge in [0.05, 0.1) is 5.69 Å². The maximum Gasteiger partial charge on any atom is 0.133 e. The normalized spacial score (nSPS) is 18.9. The SMILES string of the molecule is CC(C)(C)c1ccc(-c2ccccn2)c(C2CCCC(=O)C2)c1. The molecule has 0 saturated heterocycles. The van der Waals surface area contributed by atoms with Crippen molar-refractivity contribution in [2.45, 2.75) is 57.8 Å². The summed E-state index contributed by atoms with van der Waals surface area (Å²) in [6, 6.07) is 12.7. The van der Waals surface area contributed by atoms with Crippen molar-refractivity contribution in [2.75, 3.05) is 0 Å². The van der Waals surface area contributed by atoms with Crippen molar-refractivity contribution in [2.24, 2.45) is 0 Å². The van der Waals surface area contributed by atoms with Crippen LogP contribution in [0.2, 0.25) is 0 Å². The molecule has 0 bridgehead atoms. The minimum Gasteiger partial charge on any atom is -0.300 e. The number of carbonyl (C=O) groups is 1. The van der Waals surface area contributed by atoms with E-state index in [0.29, 0.717) is 18.1 Å². The van der Waals surface area contributed by atoms with Crippen molar-refractivity contribution in [1.82, 2.24) is 4.98 Å². The van der Waals surface area contributed by atoms with Crippen LogP contribution in [0.25, 0.3) is 11.3 Å². The van der Waals surface area contributed by atoms with Gasteiger partial charge in [0.1, 0.15) is 5.78 Å². The summed E-state index contributed by atoms with van der Waals surface area (Å²) in [6.45, 7) is 6.70. The third-order valence-corrected chi connectivity index (χ3v) is 4.78. The second-order valence-corrected chi connectivity index (χ2v) is 7.60. The zero-order chi connectivity index (χ0) is 16.4. The molecule has 0 amide bonds. The summed E-state index contributed by atoms with van der Waals surface area (Å²) in [5.74, 6) is 0.727. The summed E-state index contributed by atoms with van der Waals surface area (Å²) in [4.78, 5) is 16.5. The van der Waals surface area contributed by atoms with E-state index < -0.39 is 0 Å². The second-order valence-electron chi connectivity index (χ2n) is 7.60. The van der Waals surface area contributed by atoms with Crippen LogP contribution < -0.4 is 0 Å². The highest BCUT2D eigenvalue weighted by Crippen LogP contribution is 2.38. The van der Waals surface area contributed by atoms with Crippen molar-refractivity contribution in [3.05, 3.63) is 53.7 Å². The molecule has 3 rings (SSSR count). The highest BCUT2D eigenvalue weighted by Gasteiger charge is 2.25. The fourth-order valence-electron chi connectivity index (χ4n) is 3.41. The molecule has 0 aliphatic heterocycles. The summed E-state index contributed by atoms with van der Waals surface area (Å²) in [5, 5.41) is 0. The van der Waals surface area contributed by atoms with Gasteiger partial charge in [0.15, 0.2) is 0 Å². The van der Waals surface area contributed by atoms with Gasteiger partial charge in [-0.3, -0.25) is 9.78 Å². The molecule has 1 unspecified atom stereocenters. The van der Waals surface area contributed by atoms with Crippen molar-refractivity contribution >= 4 is 5.78 Å². The number of Topliss-reactive ketones (excluding diaryl/α,β-unsaturated/α-hetero) is 1. The van der Waals surface area contributed by atoms with Crippen molar-refractivity contribution in [3.8, 4) is 11.3 Å². The van der Waals surface area contributed by atoms with Crippen LogP contribution in [0, 0.1) is 0 Å². The van der Waals surface area contributed by atoms with Gasteiger partial charge in [0.25, 0.3) is 0 Å². The topological polar surface area (TPSA) is 30.0 Å². The number of aromatic nitrogens is 1. The van der Waals surface area contributed by atoms with Gasteiger partial charge in [0.2, 0.25) is 0 Å². The molecule has 23 heavy (non-hydrogen) atoms. The van der Waals surface area contributed by atoms with E-state index in [-0.39, 0.29) is 5.41 Å². The minimum absolute atomic E-state index is 0.107. The Morgan fingerprint density at radius 3 is 2.61 bits per heavy atom. The summed E-state index contributed by atoms with van der Waals surface area (Å²) in [6.07, 6.45) is 5.36. The van der Waals surface area contributed by atoms with Crippen LogP contribution >= 0.6 is 0 Å². The van der Waals surface area contributed by atoms with E-state index in [1.165, 1.54) is 16.7 Å². The minimum atomic E-state index is 0.107. The Labute approximate surface area is 139 Å². The predicted octanol–water partition coefficient (Wildman–Crippen LogP) is 5.27. The van der Waals surface area contributed by atoms with Crippen molar-refractivity contribution in [1.29, 1.82) is 0 Å². The summed E-state index contributed by atoms with van der Waals surface area (Å²) >= 11 is 0. The second kappa shape index (κ2) is 6.27. The van der Waals surface area contributed by atoms with Crippen LogP contribution in [0.1, 0.15) is 63.5 Å². The lowest BCUT2D eigenvalue weighted by atomic mass is 9.77. The average Bonchev–Trinajstić information content (AvgIpc) is 2.54. The third kappa shape index (κ3) is 3.52. The number of rotatable bonds is 2. The van der Waals surface area contributed by atoms with E-state index >= 15 is 0 Å². The van der Waals surface area contributed by atoms with Crippen LogP contribution in [0.3, 0.4) is 0 Å². The molecule has 1 atom stereocenters. The largest absolute Gasteiger partial charge is 0.300 e. The Hall–Kier alpha value is -1.96. The number of ketones is 1. The van der Waals surface area contributed by atoms with Gasteiger partial charge in [-0.15, -0.1) is 0 Å². The molecule has 1 aliphatic rings. The van der Waals surface area contributed by atoms with Crippen LogP contribution in [0.15, 0.2) is 42.6 Å². The Morgan fingerprint density at radius 2 is 1.96 bits per heavy atom. The monoisotopic (exact) mass is 307 g/mol. The molecule has 2 heteroatoms. The molecule has 1 aromatic carbocycles. The first kappa shape index (κ1) is 15.9. The van der Waals surface area contributed by atoms with Gasteiger partial charge in [-0.05, 0) is 47.4 Å². The van der Waals surface area contributed by atoms with Gasteiger partial charge in [-0.1, -0.05) is 45.0 Å². The van der Waals surface area contributed by atoms with Crippen molar-refractivity contribution < 1.29 is 4.79 Å². The lowest BCUT2D eigenvalue weighted by Crippen LogP contribution is -2.16. The molecule has 1 heterocycles. The van der Waals surface area contributed by atoms with E-state index in [4.69, 9.17) is 0 Å². The lowest BCUT2D eigenvalue weighted by molar-refractivity contribution is -0.120. The molecule has 120 valence electrons. The Balaban J connectivity index is 2.10. The van der Waals surface area contributed by atoms with Crippen LogP contribution in [-0.4, -0.2) is 10.8 Å². The molecule has 1 aromatic heterocycles. The smallest absolute Gasteiger partial charge is 0.133 e. The molecule has 2 nitrogen and oxygen atoms in total. The lowest BCUT2D eigenvalue weighted by Gasteiger charge is -2.27. The maximum absolute atomic E-state index is 12.0. The van der Waals surface area contributed by atoms with E-state index in [2.05, 4.69) is 50.0 Å². The van der Waals surface area contributed by atoms with Gasteiger partial charge in [-0.25, -0.2) is 0 Å². The van der Waals surface area contributed by atoms with E-state index in [1.54, 1.807) is 0 Å². The summed E-state index contributed by atoms with van der Waals surface area (Å²) < 4.78 is 0. The Kier molecular flexibility index (Phi) is 4.34. The number of pyridine rings is 1. The standard InChI is InChI=1S/C21H25NO/c1-21(2,3)16-10-11-18(20-9-4-5-12-22-20)19(14-16)15-7-6-8-17(23)13-15/h4-5,9-12,14-15H,6-8,13H2,1-3H3. The molecular weight excluding hydrogens is 282 g/mol. The Bertz CT molecular complexity index is 698. The number of nitrogens with zero attached hydrogens (tertiary/aromatic N) is 1. The molecule has 0 N–H and O–H groups in total. The van der Waals surface area contributed by atoms with Crippen LogP contribution in [0.5, 0.6) is 0 Å². The highest BCUT2D eigenvalue weighted by atomic mass is 16.1. The van der Waals surface area contributed by atoms with Gasteiger partial charge in [-0.2, -0.15) is 0 Å². The van der Waals surface area contributed by atoms with Crippen molar-refractivity contribution in [3.63, 3.8) is 0 Å². The first-order chi connectivity index (χ1) is 10.9. The first-order valence-corrected chi connectivity index (χ1v) is 8.52. The quantitative estimate of drug-likeness (QED) is 0.756. The van der Waals surface area contributed by atoms with Gasteiger partial charge >= 0.3 is 0 Å². The Morgan fingerprint density at radius 1 is 1.13 bits per heavy atom. The molecule has 2 aromatic rings. The summed E-state index contributed by atoms with van der Waals surface area (Å²) in [5.41, 5.74) is 4.91. The molecule has 1 aliphatic carbocycles. The number of hydrogen-bond donors (Lipinski definition) is 0. The van der Waals surface area contributed by atoms with Gasteiger partial charge < -0.3 is 0 Å². The van der Waals surface area contributed by atoms with E-state index in [9.17, 15) is 4.79 Å². The summed E-state index contributed by atoms with van der Waals surface area (Å²) in [7, 11) is 0. The predicted molar refractivity (Wildman–Crippen MR) is 94.6 cm³/mol. The van der Waals surface area contributed by atoms with Gasteiger partial charge in [0, 0.05) is 24.6 Å². The molecular formula is C21H25NO. The van der Waals surface area contributed by atoms with Crippen LogP contribution in [0.4, 0.5) is 0 Å². The van der Waals surface area contributed by atoms with E-state index in [1.807, 2.05) is 18.3 Å². The number of hydrogen-bond acceptors (Lipinski definition) is 2. The molecule has 1 fully saturated rings. The van der Waals surface area contributed by atoms with E-state index in [0.717, 1.165) is 25.0 Å². The molecule has 1 saturated carbocycles. The number of benzene rings is 1. The molecule has 0 spiro atoms. The third-order valence-electron chi connectivity index (χ3n) is 4.78. The fraction of sp³-hybridized carbons (Fsp3) is 0.429. The molecule has 0 radical (unpaired) electrons. The zero-order valence-electron chi connectivity index (χ0n) is 14.3. The number of carbonyl (C=O) groups excluding carboxylic acids is 1. The van der Waals surface area contributed by atoms with Crippen LogP contribution in [-0.2, 0) is 10.2 Å². The zero-order valence-corrected chi connectivity index (χ0v) is 14.3. The highest BCUT2D eigenvalue weighted by molar-refractivity contribution is 5.81. The first-order valence-electron chi connectivity index (χ1n) is 8.52. The maximum atomic E-state index is 12.0. The fourth-order valence-corrected chi connectivity index (χ4v) is 3.41.